The molecule has 3 heterocycles. The zero-order valence-electron chi connectivity index (χ0n) is 21.0. The van der Waals surface area contributed by atoms with Crippen LogP contribution in [0.5, 0.6) is 0 Å². The molecule has 0 aliphatic heterocycles. The first-order valence-corrected chi connectivity index (χ1v) is 13.3. The fourth-order valence-electron chi connectivity index (χ4n) is 6.50. The van der Waals surface area contributed by atoms with Gasteiger partial charge in [-0.05, 0) is 48.5 Å². The van der Waals surface area contributed by atoms with E-state index in [9.17, 15) is 0 Å². The number of benzene rings is 6. The first-order chi connectivity index (χ1) is 19.4. The van der Waals surface area contributed by atoms with Gasteiger partial charge < -0.3 is 13.6 Å². The Balaban J connectivity index is 1.40. The van der Waals surface area contributed by atoms with Gasteiger partial charge in [0, 0.05) is 44.1 Å². The SMILES string of the molecule is c1ccc2c(c1)oc1cc(-n3c4ccccc4c4c(-n5c6ccccc6c6ccccc65)cccc43)ccc12. The van der Waals surface area contributed by atoms with Gasteiger partial charge in [-0.25, -0.2) is 0 Å². The summed E-state index contributed by atoms with van der Waals surface area (Å²) in [6.45, 7) is 0. The van der Waals surface area contributed by atoms with Crippen LogP contribution in [0, 0.1) is 0 Å². The minimum Gasteiger partial charge on any atom is -0.456 e. The van der Waals surface area contributed by atoms with E-state index in [1.807, 2.05) is 12.1 Å². The van der Waals surface area contributed by atoms with Gasteiger partial charge in [0.25, 0.3) is 0 Å². The van der Waals surface area contributed by atoms with Crippen LogP contribution < -0.4 is 0 Å². The van der Waals surface area contributed by atoms with Gasteiger partial charge in [-0.3, -0.25) is 0 Å². The smallest absolute Gasteiger partial charge is 0.137 e. The van der Waals surface area contributed by atoms with E-state index in [2.05, 4.69) is 130 Å². The molecule has 0 saturated carbocycles. The van der Waals surface area contributed by atoms with Crippen LogP contribution in [0.15, 0.2) is 138 Å². The van der Waals surface area contributed by atoms with Gasteiger partial charge in [0.1, 0.15) is 11.2 Å². The molecule has 3 nitrogen and oxygen atoms in total. The normalized spacial score (nSPS) is 12.1. The van der Waals surface area contributed by atoms with Crippen LogP contribution in [0.4, 0.5) is 0 Å². The molecule has 3 aromatic heterocycles. The van der Waals surface area contributed by atoms with Crippen LogP contribution in [-0.2, 0) is 0 Å². The Bertz CT molecular complexity index is 2350. The molecule has 0 amide bonds. The van der Waals surface area contributed by atoms with Crippen LogP contribution in [0.1, 0.15) is 0 Å². The van der Waals surface area contributed by atoms with Crippen molar-refractivity contribution in [2.45, 2.75) is 0 Å². The number of hydrogen-bond acceptors (Lipinski definition) is 1. The van der Waals surface area contributed by atoms with Gasteiger partial charge in [-0.2, -0.15) is 0 Å². The second-order valence-corrected chi connectivity index (χ2v) is 10.2. The van der Waals surface area contributed by atoms with Crippen molar-refractivity contribution in [3.05, 3.63) is 133 Å². The Morgan fingerprint density at radius 1 is 0.385 bits per heavy atom. The molecule has 0 spiro atoms. The summed E-state index contributed by atoms with van der Waals surface area (Å²) in [6.07, 6.45) is 0. The first-order valence-electron chi connectivity index (χ1n) is 13.3. The molecular formula is C36H22N2O. The molecule has 182 valence electrons. The fourth-order valence-corrected chi connectivity index (χ4v) is 6.50. The molecular weight excluding hydrogens is 476 g/mol. The topological polar surface area (TPSA) is 23.0 Å². The van der Waals surface area contributed by atoms with E-state index in [0.717, 1.165) is 27.6 Å². The lowest BCUT2D eigenvalue weighted by atomic mass is 10.1. The molecule has 9 aromatic rings. The summed E-state index contributed by atoms with van der Waals surface area (Å²) in [5.74, 6) is 0. The predicted molar refractivity (Wildman–Crippen MR) is 162 cm³/mol. The quantitative estimate of drug-likeness (QED) is 0.233. The largest absolute Gasteiger partial charge is 0.456 e. The van der Waals surface area contributed by atoms with E-state index in [1.165, 1.54) is 49.3 Å². The van der Waals surface area contributed by atoms with Crippen molar-refractivity contribution in [3.63, 3.8) is 0 Å². The molecule has 0 atom stereocenters. The lowest BCUT2D eigenvalue weighted by Crippen LogP contribution is -1.96. The molecule has 0 fully saturated rings. The number of furan rings is 1. The van der Waals surface area contributed by atoms with E-state index in [4.69, 9.17) is 4.42 Å². The van der Waals surface area contributed by atoms with Crippen molar-refractivity contribution in [2.75, 3.05) is 0 Å². The molecule has 39 heavy (non-hydrogen) atoms. The maximum atomic E-state index is 6.28. The highest BCUT2D eigenvalue weighted by Crippen LogP contribution is 2.40. The monoisotopic (exact) mass is 498 g/mol. The molecule has 9 rings (SSSR count). The van der Waals surface area contributed by atoms with Crippen LogP contribution in [0.2, 0.25) is 0 Å². The summed E-state index contributed by atoms with van der Waals surface area (Å²) in [7, 11) is 0. The fraction of sp³-hybridized carbons (Fsp3) is 0. The van der Waals surface area contributed by atoms with Crippen LogP contribution in [0.3, 0.4) is 0 Å². The molecule has 0 unspecified atom stereocenters. The Morgan fingerprint density at radius 3 is 1.69 bits per heavy atom. The molecule has 0 bridgehead atoms. The van der Waals surface area contributed by atoms with Crippen molar-refractivity contribution in [1.29, 1.82) is 0 Å². The summed E-state index contributed by atoms with van der Waals surface area (Å²) in [4.78, 5) is 0. The van der Waals surface area contributed by atoms with E-state index in [-0.39, 0.29) is 0 Å². The van der Waals surface area contributed by atoms with Crippen molar-refractivity contribution in [1.82, 2.24) is 9.13 Å². The van der Waals surface area contributed by atoms with E-state index < -0.39 is 0 Å². The maximum Gasteiger partial charge on any atom is 0.137 e. The molecule has 6 aromatic carbocycles. The van der Waals surface area contributed by atoms with E-state index in [0.29, 0.717) is 0 Å². The summed E-state index contributed by atoms with van der Waals surface area (Å²) in [5.41, 5.74) is 8.87. The highest BCUT2D eigenvalue weighted by atomic mass is 16.3. The third-order valence-electron chi connectivity index (χ3n) is 8.12. The summed E-state index contributed by atoms with van der Waals surface area (Å²) in [5, 5.41) is 7.29. The number of aromatic nitrogens is 2. The van der Waals surface area contributed by atoms with Gasteiger partial charge >= 0.3 is 0 Å². The Kier molecular flexibility index (Phi) is 4.05. The highest BCUT2D eigenvalue weighted by molar-refractivity contribution is 6.16. The van der Waals surface area contributed by atoms with Crippen LogP contribution in [0.25, 0.3) is 76.9 Å². The zero-order chi connectivity index (χ0) is 25.5. The van der Waals surface area contributed by atoms with Crippen molar-refractivity contribution in [3.8, 4) is 11.4 Å². The number of hydrogen-bond donors (Lipinski definition) is 0. The van der Waals surface area contributed by atoms with Crippen molar-refractivity contribution in [2.24, 2.45) is 0 Å². The number of nitrogens with zero attached hydrogens (tertiary/aromatic N) is 2. The molecule has 3 heteroatoms. The van der Waals surface area contributed by atoms with Gasteiger partial charge in [0.05, 0.1) is 27.8 Å². The van der Waals surface area contributed by atoms with Gasteiger partial charge in [-0.1, -0.05) is 78.9 Å². The first kappa shape index (κ1) is 20.7. The minimum atomic E-state index is 0.901. The number of fused-ring (bicyclic) bond motifs is 9. The Labute approximate surface area is 223 Å². The standard InChI is InChI=1S/C36H22N2O/c1-5-14-29-24(10-1)25-11-2-6-15-30(25)38(29)33-18-9-17-32-36(33)28-13-3-7-16-31(28)37(32)23-20-21-27-26-12-4-8-19-34(26)39-35(27)22-23/h1-22H. The van der Waals surface area contributed by atoms with Crippen molar-refractivity contribution >= 4 is 65.6 Å². The van der Waals surface area contributed by atoms with Gasteiger partial charge in [0.2, 0.25) is 0 Å². The third-order valence-corrected chi connectivity index (χ3v) is 8.12. The molecule has 0 aliphatic rings. The van der Waals surface area contributed by atoms with Crippen LogP contribution in [-0.4, -0.2) is 9.13 Å². The lowest BCUT2D eigenvalue weighted by molar-refractivity contribution is 0.668. The predicted octanol–water partition coefficient (Wildman–Crippen LogP) is 9.78. The summed E-state index contributed by atoms with van der Waals surface area (Å²) in [6, 6.07) is 47.6. The molecule has 0 aliphatic carbocycles. The van der Waals surface area contributed by atoms with Gasteiger partial charge in [0.15, 0.2) is 0 Å². The van der Waals surface area contributed by atoms with Crippen molar-refractivity contribution < 1.29 is 4.42 Å². The average molecular weight is 499 g/mol. The summed E-state index contributed by atoms with van der Waals surface area (Å²) < 4.78 is 11.1. The Morgan fingerprint density at radius 2 is 0.949 bits per heavy atom. The number of rotatable bonds is 2. The average Bonchev–Trinajstić information content (AvgIpc) is 3.64. The summed E-state index contributed by atoms with van der Waals surface area (Å²) >= 11 is 0. The second kappa shape index (κ2) is 7.62. The maximum absolute atomic E-state index is 6.28. The third kappa shape index (κ3) is 2.76. The minimum absolute atomic E-state index is 0.901. The second-order valence-electron chi connectivity index (χ2n) is 10.2. The van der Waals surface area contributed by atoms with Crippen LogP contribution >= 0.6 is 0 Å². The lowest BCUT2D eigenvalue weighted by Gasteiger charge is -2.11. The zero-order valence-corrected chi connectivity index (χ0v) is 21.0. The molecule has 0 saturated heterocycles. The molecule has 0 N–H and O–H groups in total. The Hall–Kier alpha value is -5.28. The van der Waals surface area contributed by atoms with Gasteiger partial charge in [-0.15, -0.1) is 0 Å². The van der Waals surface area contributed by atoms with E-state index in [1.54, 1.807) is 0 Å². The van der Waals surface area contributed by atoms with E-state index >= 15 is 0 Å². The number of para-hydroxylation sites is 4. The highest BCUT2D eigenvalue weighted by Gasteiger charge is 2.19. The molecule has 0 radical (unpaired) electrons.